The number of sulfonamides is 1. The molecular weight excluding hydrogens is 248 g/mol. The molecule has 1 aromatic carbocycles. The third-order valence-electron chi connectivity index (χ3n) is 2.54. The molecule has 0 aliphatic rings. The molecule has 0 unspecified atom stereocenters. The second-order valence-electron chi connectivity index (χ2n) is 4.68. The van der Waals surface area contributed by atoms with Crippen LogP contribution in [0.4, 0.5) is 0 Å². The van der Waals surface area contributed by atoms with Crippen LogP contribution in [-0.4, -0.2) is 26.8 Å². The molecule has 0 aliphatic heterocycles. The standard InChI is InChI=1S/C13H22N2O2S/c1-11(2)15-18(16,17)10-9-14-12(3)13-7-5-4-6-8-13/h4-8,11-12,14-15H,9-10H2,1-3H3/t12-/m1/s1. The van der Waals surface area contributed by atoms with Gasteiger partial charge >= 0.3 is 0 Å². The Hall–Kier alpha value is -0.910. The second kappa shape index (κ2) is 6.87. The van der Waals surface area contributed by atoms with Crippen LogP contribution in [0.25, 0.3) is 0 Å². The Morgan fingerprint density at radius 2 is 1.72 bits per heavy atom. The molecule has 1 rings (SSSR count). The Kier molecular flexibility index (Phi) is 5.78. The average molecular weight is 270 g/mol. The van der Waals surface area contributed by atoms with Crippen molar-refractivity contribution >= 4 is 10.0 Å². The van der Waals surface area contributed by atoms with Crippen LogP contribution in [0.2, 0.25) is 0 Å². The first kappa shape index (κ1) is 15.1. The Balaban J connectivity index is 2.38. The lowest BCUT2D eigenvalue weighted by molar-refractivity contribution is 0.554. The third kappa shape index (κ3) is 5.62. The molecule has 4 nitrogen and oxygen atoms in total. The van der Waals surface area contributed by atoms with Gasteiger partial charge in [0.05, 0.1) is 5.75 Å². The van der Waals surface area contributed by atoms with Gasteiger partial charge in [0.25, 0.3) is 0 Å². The zero-order valence-corrected chi connectivity index (χ0v) is 12.0. The summed E-state index contributed by atoms with van der Waals surface area (Å²) in [7, 11) is -3.17. The fourth-order valence-corrected chi connectivity index (χ4v) is 2.91. The minimum atomic E-state index is -3.17. The van der Waals surface area contributed by atoms with E-state index in [4.69, 9.17) is 0 Å². The van der Waals surface area contributed by atoms with Gasteiger partial charge in [-0.15, -0.1) is 0 Å². The third-order valence-corrected chi connectivity index (χ3v) is 4.11. The summed E-state index contributed by atoms with van der Waals surface area (Å²) in [5, 5.41) is 3.21. The molecule has 0 amide bonds. The summed E-state index contributed by atoms with van der Waals surface area (Å²) in [6.07, 6.45) is 0. The van der Waals surface area contributed by atoms with Crippen LogP contribution in [0.1, 0.15) is 32.4 Å². The smallest absolute Gasteiger partial charge is 0.213 e. The second-order valence-corrected chi connectivity index (χ2v) is 6.55. The van der Waals surface area contributed by atoms with E-state index in [0.29, 0.717) is 6.54 Å². The van der Waals surface area contributed by atoms with Crippen molar-refractivity contribution < 1.29 is 8.42 Å². The summed E-state index contributed by atoms with van der Waals surface area (Å²) in [6, 6.07) is 10.1. The molecular formula is C13H22N2O2S. The molecule has 0 spiro atoms. The van der Waals surface area contributed by atoms with Gasteiger partial charge in [0.1, 0.15) is 0 Å². The fourth-order valence-electron chi connectivity index (χ4n) is 1.69. The zero-order valence-electron chi connectivity index (χ0n) is 11.2. The molecule has 0 saturated carbocycles. The van der Waals surface area contributed by atoms with E-state index in [-0.39, 0.29) is 17.8 Å². The van der Waals surface area contributed by atoms with Crippen molar-refractivity contribution in [1.82, 2.24) is 10.0 Å². The molecule has 2 N–H and O–H groups in total. The van der Waals surface area contributed by atoms with Crippen molar-refractivity contribution in [3.63, 3.8) is 0 Å². The molecule has 102 valence electrons. The quantitative estimate of drug-likeness (QED) is 0.792. The normalized spacial score (nSPS) is 13.8. The van der Waals surface area contributed by atoms with E-state index in [1.165, 1.54) is 0 Å². The molecule has 18 heavy (non-hydrogen) atoms. The van der Waals surface area contributed by atoms with Crippen LogP contribution in [0.3, 0.4) is 0 Å². The highest BCUT2D eigenvalue weighted by Crippen LogP contribution is 2.10. The first-order chi connectivity index (χ1) is 8.41. The Bertz CT molecular complexity index is 443. The maximum atomic E-state index is 11.6. The van der Waals surface area contributed by atoms with Gasteiger partial charge in [0, 0.05) is 18.6 Å². The Morgan fingerprint density at radius 3 is 2.28 bits per heavy atom. The number of rotatable bonds is 7. The minimum absolute atomic E-state index is 0.0541. The van der Waals surface area contributed by atoms with Crippen molar-refractivity contribution in [2.24, 2.45) is 0 Å². The first-order valence-electron chi connectivity index (χ1n) is 6.19. The molecule has 1 atom stereocenters. The molecule has 5 heteroatoms. The molecule has 0 radical (unpaired) electrons. The number of hydrogen-bond acceptors (Lipinski definition) is 3. The summed E-state index contributed by atoms with van der Waals surface area (Å²) in [4.78, 5) is 0. The van der Waals surface area contributed by atoms with Crippen molar-refractivity contribution in [1.29, 1.82) is 0 Å². The highest BCUT2D eigenvalue weighted by atomic mass is 32.2. The van der Waals surface area contributed by atoms with E-state index in [2.05, 4.69) is 10.0 Å². The lowest BCUT2D eigenvalue weighted by Gasteiger charge is -2.15. The SMILES string of the molecule is CC(C)NS(=O)(=O)CCN[C@H](C)c1ccccc1. The maximum absolute atomic E-state index is 11.6. The van der Waals surface area contributed by atoms with Crippen LogP contribution in [-0.2, 0) is 10.0 Å². The predicted octanol–water partition coefficient (Wildman–Crippen LogP) is 1.66. The molecule has 0 heterocycles. The van der Waals surface area contributed by atoms with Gasteiger partial charge in [-0.3, -0.25) is 0 Å². The van der Waals surface area contributed by atoms with E-state index < -0.39 is 10.0 Å². The maximum Gasteiger partial charge on any atom is 0.213 e. The molecule has 1 aromatic rings. The van der Waals surface area contributed by atoms with E-state index in [1.807, 2.05) is 51.1 Å². The van der Waals surface area contributed by atoms with E-state index in [1.54, 1.807) is 0 Å². The van der Waals surface area contributed by atoms with Gasteiger partial charge in [-0.25, -0.2) is 13.1 Å². The lowest BCUT2D eigenvalue weighted by Crippen LogP contribution is -2.36. The topological polar surface area (TPSA) is 58.2 Å². The molecule has 0 bridgehead atoms. The molecule has 0 fully saturated rings. The van der Waals surface area contributed by atoms with Gasteiger partial charge in [-0.2, -0.15) is 0 Å². The van der Waals surface area contributed by atoms with Crippen molar-refractivity contribution in [2.45, 2.75) is 32.9 Å². The van der Waals surface area contributed by atoms with Gasteiger partial charge in [-0.05, 0) is 26.3 Å². The highest BCUT2D eigenvalue weighted by molar-refractivity contribution is 7.89. The monoisotopic (exact) mass is 270 g/mol. The van der Waals surface area contributed by atoms with Crippen LogP contribution in [0.5, 0.6) is 0 Å². The summed E-state index contributed by atoms with van der Waals surface area (Å²) >= 11 is 0. The van der Waals surface area contributed by atoms with Gasteiger partial charge < -0.3 is 5.32 Å². The highest BCUT2D eigenvalue weighted by Gasteiger charge is 2.12. The van der Waals surface area contributed by atoms with E-state index in [9.17, 15) is 8.42 Å². The van der Waals surface area contributed by atoms with Crippen LogP contribution in [0.15, 0.2) is 30.3 Å². The van der Waals surface area contributed by atoms with Gasteiger partial charge in [-0.1, -0.05) is 30.3 Å². The molecule has 0 aliphatic carbocycles. The Morgan fingerprint density at radius 1 is 1.11 bits per heavy atom. The van der Waals surface area contributed by atoms with Crippen molar-refractivity contribution in [3.8, 4) is 0 Å². The van der Waals surface area contributed by atoms with Crippen molar-refractivity contribution in [3.05, 3.63) is 35.9 Å². The van der Waals surface area contributed by atoms with Crippen LogP contribution in [0, 0.1) is 0 Å². The van der Waals surface area contributed by atoms with Gasteiger partial charge in [0.15, 0.2) is 0 Å². The molecule has 0 aromatic heterocycles. The largest absolute Gasteiger partial charge is 0.309 e. The molecule has 0 saturated heterocycles. The summed E-state index contributed by atoms with van der Waals surface area (Å²) in [6.45, 7) is 6.10. The van der Waals surface area contributed by atoms with Gasteiger partial charge in [0.2, 0.25) is 10.0 Å². The van der Waals surface area contributed by atoms with E-state index >= 15 is 0 Å². The minimum Gasteiger partial charge on any atom is -0.309 e. The van der Waals surface area contributed by atoms with Crippen LogP contribution < -0.4 is 10.0 Å². The number of hydrogen-bond donors (Lipinski definition) is 2. The zero-order chi connectivity index (χ0) is 13.6. The van der Waals surface area contributed by atoms with E-state index in [0.717, 1.165) is 5.56 Å². The summed E-state index contributed by atoms with van der Waals surface area (Å²) in [5.41, 5.74) is 1.16. The fraction of sp³-hybridized carbons (Fsp3) is 0.538. The van der Waals surface area contributed by atoms with Crippen LogP contribution >= 0.6 is 0 Å². The number of benzene rings is 1. The average Bonchev–Trinajstić information content (AvgIpc) is 2.28. The van der Waals surface area contributed by atoms with Crippen molar-refractivity contribution in [2.75, 3.05) is 12.3 Å². The lowest BCUT2D eigenvalue weighted by atomic mass is 10.1. The summed E-state index contributed by atoms with van der Waals surface area (Å²) in [5.74, 6) is 0.0996. The Labute approximate surface area is 110 Å². The number of nitrogens with one attached hydrogen (secondary N) is 2. The first-order valence-corrected chi connectivity index (χ1v) is 7.84. The summed E-state index contributed by atoms with van der Waals surface area (Å²) < 4.78 is 25.8. The predicted molar refractivity (Wildman–Crippen MR) is 74.9 cm³/mol.